The average Bonchev–Trinajstić information content (AvgIpc) is 1.96. The molecule has 0 aromatic carbocycles. The molecule has 0 amide bonds. The van der Waals surface area contributed by atoms with Crippen molar-refractivity contribution in [3.05, 3.63) is 12.2 Å². The molecule has 1 saturated heterocycles. The predicted molar refractivity (Wildman–Crippen MR) is 48.9 cm³/mol. The molecule has 0 saturated carbocycles. The molecule has 0 spiro atoms. The van der Waals surface area contributed by atoms with E-state index in [2.05, 4.69) is 20.4 Å². The van der Waals surface area contributed by atoms with E-state index in [4.69, 9.17) is 9.47 Å². The van der Waals surface area contributed by atoms with Crippen molar-refractivity contribution < 1.29 is 9.47 Å². The van der Waals surface area contributed by atoms with Crippen molar-refractivity contribution in [1.29, 1.82) is 0 Å². The summed E-state index contributed by atoms with van der Waals surface area (Å²) in [7, 11) is 0. The van der Waals surface area contributed by atoms with Gasteiger partial charge < -0.3 is 9.47 Å². The molecule has 0 aromatic rings. The number of rotatable bonds is 1. The summed E-state index contributed by atoms with van der Waals surface area (Å²) < 4.78 is 11.2. The third-order valence-electron chi connectivity index (χ3n) is 2.25. The molecule has 1 aliphatic heterocycles. The smallest absolute Gasteiger partial charge is 0.187 e. The lowest BCUT2D eigenvalue weighted by atomic mass is 9.94. The van der Waals surface area contributed by atoms with Crippen LogP contribution in [0.4, 0.5) is 0 Å². The lowest BCUT2D eigenvalue weighted by Gasteiger charge is -2.41. The van der Waals surface area contributed by atoms with Crippen molar-refractivity contribution >= 4 is 0 Å². The van der Waals surface area contributed by atoms with Crippen LogP contribution in [-0.2, 0) is 9.47 Å². The Morgan fingerprint density at radius 2 is 1.58 bits per heavy atom. The minimum atomic E-state index is -0.560. The molecular formula is C10H18O2. The van der Waals surface area contributed by atoms with Gasteiger partial charge in [0.25, 0.3) is 0 Å². The Bertz CT molecular complexity index is 184. The number of hydrogen-bond donors (Lipinski definition) is 0. The first-order chi connectivity index (χ1) is 5.36. The second-order valence-electron chi connectivity index (χ2n) is 4.47. The van der Waals surface area contributed by atoms with Gasteiger partial charge in [0.2, 0.25) is 0 Å². The molecule has 12 heavy (non-hydrogen) atoms. The third-order valence-corrected chi connectivity index (χ3v) is 2.25. The highest BCUT2D eigenvalue weighted by Crippen LogP contribution is 2.32. The molecule has 0 aliphatic carbocycles. The van der Waals surface area contributed by atoms with E-state index < -0.39 is 5.79 Å². The van der Waals surface area contributed by atoms with E-state index in [0.29, 0.717) is 0 Å². The predicted octanol–water partition coefficient (Wildman–Crippen LogP) is 2.35. The quantitative estimate of drug-likeness (QED) is 0.562. The molecule has 0 bridgehead atoms. The van der Waals surface area contributed by atoms with Gasteiger partial charge in [-0.05, 0) is 19.4 Å². The van der Waals surface area contributed by atoms with E-state index in [1.807, 2.05) is 13.8 Å². The van der Waals surface area contributed by atoms with Gasteiger partial charge in [-0.1, -0.05) is 20.4 Å². The van der Waals surface area contributed by atoms with Crippen LogP contribution in [0, 0.1) is 5.41 Å². The van der Waals surface area contributed by atoms with Crippen molar-refractivity contribution in [2.45, 2.75) is 33.5 Å². The van der Waals surface area contributed by atoms with E-state index in [1.54, 1.807) is 0 Å². The van der Waals surface area contributed by atoms with Crippen LogP contribution in [0.2, 0.25) is 0 Å². The highest BCUT2D eigenvalue weighted by Gasteiger charge is 2.37. The molecule has 0 aromatic heterocycles. The van der Waals surface area contributed by atoms with E-state index >= 15 is 0 Å². The highest BCUT2D eigenvalue weighted by atomic mass is 16.7. The van der Waals surface area contributed by atoms with E-state index in [0.717, 1.165) is 18.8 Å². The van der Waals surface area contributed by atoms with Crippen LogP contribution in [0.25, 0.3) is 0 Å². The summed E-state index contributed by atoms with van der Waals surface area (Å²) in [6.07, 6.45) is 0. The summed E-state index contributed by atoms with van der Waals surface area (Å²) >= 11 is 0. The molecule has 0 unspecified atom stereocenters. The van der Waals surface area contributed by atoms with Gasteiger partial charge in [-0.2, -0.15) is 0 Å². The van der Waals surface area contributed by atoms with Gasteiger partial charge in [0, 0.05) is 5.41 Å². The minimum absolute atomic E-state index is 0.134. The van der Waals surface area contributed by atoms with Gasteiger partial charge in [0.05, 0.1) is 13.2 Å². The molecule has 0 radical (unpaired) electrons. The largest absolute Gasteiger partial charge is 0.346 e. The first-order valence-electron chi connectivity index (χ1n) is 4.30. The van der Waals surface area contributed by atoms with Gasteiger partial charge in [0.15, 0.2) is 5.79 Å². The van der Waals surface area contributed by atoms with Crippen LogP contribution in [0.5, 0.6) is 0 Å². The van der Waals surface area contributed by atoms with Gasteiger partial charge in [0.1, 0.15) is 0 Å². The summed E-state index contributed by atoms with van der Waals surface area (Å²) in [6, 6.07) is 0. The Kier molecular flexibility index (Phi) is 2.32. The molecule has 1 fully saturated rings. The zero-order valence-electron chi connectivity index (χ0n) is 8.44. The Hall–Kier alpha value is -0.340. The molecule has 1 aliphatic rings. The molecule has 0 N–H and O–H groups in total. The first-order valence-corrected chi connectivity index (χ1v) is 4.30. The van der Waals surface area contributed by atoms with Crippen LogP contribution in [-0.4, -0.2) is 19.0 Å². The molecule has 2 heteroatoms. The lowest BCUT2D eigenvalue weighted by Crippen LogP contribution is -2.46. The second kappa shape index (κ2) is 2.86. The Morgan fingerprint density at radius 3 is 1.92 bits per heavy atom. The van der Waals surface area contributed by atoms with Crippen molar-refractivity contribution in [3.8, 4) is 0 Å². The molecule has 1 heterocycles. The SMILES string of the molecule is C=C(C)C1(C)OCC(C)(C)CO1. The molecule has 70 valence electrons. The zero-order chi connectivity index (χ0) is 9.41. The number of ether oxygens (including phenoxy) is 2. The normalized spacial score (nSPS) is 26.7. The lowest BCUT2D eigenvalue weighted by molar-refractivity contribution is -0.267. The minimum Gasteiger partial charge on any atom is -0.346 e. The van der Waals surface area contributed by atoms with Crippen molar-refractivity contribution in [2.75, 3.05) is 13.2 Å². The van der Waals surface area contributed by atoms with Gasteiger partial charge in [-0.15, -0.1) is 0 Å². The van der Waals surface area contributed by atoms with E-state index in [1.165, 1.54) is 0 Å². The summed E-state index contributed by atoms with van der Waals surface area (Å²) in [6.45, 7) is 13.4. The van der Waals surface area contributed by atoms with Crippen LogP contribution in [0.3, 0.4) is 0 Å². The van der Waals surface area contributed by atoms with Crippen LogP contribution >= 0.6 is 0 Å². The maximum atomic E-state index is 5.62. The summed E-state index contributed by atoms with van der Waals surface area (Å²) in [5, 5.41) is 0. The summed E-state index contributed by atoms with van der Waals surface area (Å²) in [5.41, 5.74) is 1.06. The van der Waals surface area contributed by atoms with Gasteiger partial charge in [-0.3, -0.25) is 0 Å². The van der Waals surface area contributed by atoms with Gasteiger partial charge >= 0.3 is 0 Å². The standard InChI is InChI=1S/C10H18O2/c1-8(2)10(5)11-6-9(3,4)7-12-10/h1,6-7H2,2-5H3. The molecule has 0 atom stereocenters. The van der Waals surface area contributed by atoms with E-state index in [9.17, 15) is 0 Å². The molecule has 1 rings (SSSR count). The topological polar surface area (TPSA) is 18.5 Å². The van der Waals surface area contributed by atoms with Gasteiger partial charge in [-0.25, -0.2) is 0 Å². The van der Waals surface area contributed by atoms with Crippen LogP contribution < -0.4 is 0 Å². The Balaban J connectivity index is 2.62. The van der Waals surface area contributed by atoms with Crippen molar-refractivity contribution in [2.24, 2.45) is 5.41 Å². The summed E-state index contributed by atoms with van der Waals surface area (Å²) in [4.78, 5) is 0. The van der Waals surface area contributed by atoms with Crippen molar-refractivity contribution in [3.63, 3.8) is 0 Å². The number of hydrogen-bond acceptors (Lipinski definition) is 2. The monoisotopic (exact) mass is 170 g/mol. The Labute approximate surface area is 74.6 Å². The van der Waals surface area contributed by atoms with Crippen LogP contribution in [0.1, 0.15) is 27.7 Å². The van der Waals surface area contributed by atoms with Crippen molar-refractivity contribution in [1.82, 2.24) is 0 Å². The first kappa shape index (κ1) is 9.75. The second-order valence-corrected chi connectivity index (χ2v) is 4.47. The summed E-state index contributed by atoms with van der Waals surface area (Å²) in [5.74, 6) is -0.560. The average molecular weight is 170 g/mol. The highest BCUT2D eigenvalue weighted by molar-refractivity contribution is 5.04. The zero-order valence-corrected chi connectivity index (χ0v) is 8.44. The maximum absolute atomic E-state index is 5.62. The third kappa shape index (κ3) is 1.87. The molecule has 2 nitrogen and oxygen atoms in total. The fraction of sp³-hybridized carbons (Fsp3) is 0.800. The van der Waals surface area contributed by atoms with E-state index in [-0.39, 0.29) is 5.41 Å². The fourth-order valence-electron chi connectivity index (χ4n) is 0.996. The van der Waals surface area contributed by atoms with Crippen LogP contribution in [0.15, 0.2) is 12.2 Å². The Morgan fingerprint density at radius 1 is 1.17 bits per heavy atom. The maximum Gasteiger partial charge on any atom is 0.187 e. The molecular weight excluding hydrogens is 152 g/mol. The fourth-order valence-corrected chi connectivity index (χ4v) is 0.996.